The summed E-state index contributed by atoms with van der Waals surface area (Å²) in [5.74, 6) is -0.264. The molecule has 1 rings (SSSR count). The maximum Gasteiger partial charge on any atom is 0.326 e. The first-order valence-corrected chi connectivity index (χ1v) is 5.73. The van der Waals surface area contributed by atoms with Gasteiger partial charge in [0.1, 0.15) is 12.1 Å². The fraction of sp³-hybridized carbons (Fsp3) is 0.909. The van der Waals surface area contributed by atoms with E-state index in [1.165, 1.54) is 0 Å². The summed E-state index contributed by atoms with van der Waals surface area (Å²) in [5, 5.41) is 0. The third kappa shape index (κ3) is 3.80. The van der Waals surface area contributed by atoms with E-state index in [0.29, 0.717) is 19.8 Å². The number of carbonyl (C=O) groups excluding carboxylic acids is 1. The number of hydrogen-bond acceptors (Lipinski definition) is 4. The van der Waals surface area contributed by atoms with Gasteiger partial charge in [-0.2, -0.15) is 0 Å². The van der Waals surface area contributed by atoms with Crippen LogP contribution in [-0.4, -0.2) is 31.3 Å². The van der Waals surface area contributed by atoms with E-state index in [1.807, 2.05) is 6.92 Å². The summed E-state index contributed by atoms with van der Waals surface area (Å²) >= 11 is 0. The van der Waals surface area contributed by atoms with Crippen molar-refractivity contribution in [2.45, 2.75) is 44.6 Å². The van der Waals surface area contributed by atoms with Crippen LogP contribution in [0.25, 0.3) is 0 Å². The molecule has 88 valence electrons. The summed E-state index contributed by atoms with van der Waals surface area (Å²) in [4.78, 5) is 11.6. The standard InChI is InChI=1S/C11H21NO3/c1-2-7-14-8-9-15-10(13)11(12)5-3-4-6-11/h2-9,12H2,1H3. The lowest BCUT2D eigenvalue weighted by atomic mass is 10.00. The molecular weight excluding hydrogens is 194 g/mol. The SMILES string of the molecule is CCCOCCOC(=O)C1(N)CCCC1. The first-order valence-electron chi connectivity index (χ1n) is 5.73. The average Bonchev–Trinajstić information content (AvgIpc) is 2.66. The van der Waals surface area contributed by atoms with Gasteiger partial charge in [0.25, 0.3) is 0 Å². The molecule has 0 amide bonds. The van der Waals surface area contributed by atoms with Gasteiger partial charge in [-0.05, 0) is 19.3 Å². The molecule has 0 aliphatic heterocycles. The lowest BCUT2D eigenvalue weighted by molar-refractivity contribution is -0.151. The van der Waals surface area contributed by atoms with E-state index >= 15 is 0 Å². The topological polar surface area (TPSA) is 61.5 Å². The molecule has 0 aromatic heterocycles. The zero-order chi connectivity index (χ0) is 11.1. The highest BCUT2D eigenvalue weighted by atomic mass is 16.6. The quantitative estimate of drug-likeness (QED) is 0.534. The first-order chi connectivity index (χ1) is 7.19. The molecule has 0 aromatic carbocycles. The van der Waals surface area contributed by atoms with Crippen molar-refractivity contribution in [1.29, 1.82) is 0 Å². The Morgan fingerprint density at radius 3 is 2.53 bits per heavy atom. The minimum absolute atomic E-state index is 0.264. The highest BCUT2D eigenvalue weighted by Gasteiger charge is 2.38. The van der Waals surface area contributed by atoms with Crippen LogP contribution in [0.5, 0.6) is 0 Å². The van der Waals surface area contributed by atoms with Crippen molar-refractivity contribution in [2.75, 3.05) is 19.8 Å². The largest absolute Gasteiger partial charge is 0.462 e. The van der Waals surface area contributed by atoms with Crippen molar-refractivity contribution < 1.29 is 14.3 Å². The van der Waals surface area contributed by atoms with Gasteiger partial charge in [-0.1, -0.05) is 19.8 Å². The molecule has 1 fully saturated rings. The second-order valence-electron chi connectivity index (χ2n) is 4.11. The molecule has 1 aliphatic carbocycles. The Balaban J connectivity index is 2.12. The van der Waals surface area contributed by atoms with E-state index in [2.05, 4.69) is 0 Å². The van der Waals surface area contributed by atoms with Gasteiger partial charge in [0, 0.05) is 6.61 Å². The zero-order valence-corrected chi connectivity index (χ0v) is 9.46. The third-order valence-corrected chi connectivity index (χ3v) is 2.71. The Bertz CT molecular complexity index is 200. The normalized spacial score (nSPS) is 19.1. The van der Waals surface area contributed by atoms with Crippen molar-refractivity contribution in [3.05, 3.63) is 0 Å². The fourth-order valence-electron chi connectivity index (χ4n) is 1.79. The predicted molar refractivity (Wildman–Crippen MR) is 57.5 cm³/mol. The molecule has 1 aliphatic rings. The smallest absolute Gasteiger partial charge is 0.326 e. The van der Waals surface area contributed by atoms with Crippen LogP contribution in [0.1, 0.15) is 39.0 Å². The Labute approximate surface area is 91.1 Å². The average molecular weight is 215 g/mol. The van der Waals surface area contributed by atoms with Crippen LogP contribution in [0.4, 0.5) is 0 Å². The maximum absolute atomic E-state index is 11.6. The first kappa shape index (κ1) is 12.5. The van der Waals surface area contributed by atoms with E-state index in [1.54, 1.807) is 0 Å². The summed E-state index contributed by atoms with van der Waals surface area (Å²) in [6.07, 6.45) is 4.54. The maximum atomic E-state index is 11.6. The van der Waals surface area contributed by atoms with Crippen molar-refractivity contribution in [1.82, 2.24) is 0 Å². The monoisotopic (exact) mass is 215 g/mol. The van der Waals surface area contributed by atoms with Gasteiger partial charge < -0.3 is 15.2 Å². The number of ether oxygens (including phenoxy) is 2. The van der Waals surface area contributed by atoms with Gasteiger partial charge in [0.05, 0.1) is 6.61 Å². The van der Waals surface area contributed by atoms with Crippen LogP contribution < -0.4 is 5.73 Å². The molecular formula is C11H21NO3. The summed E-state index contributed by atoms with van der Waals surface area (Å²) in [6.45, 7) is 3.54. The lowest BCUT2D eigenvalue weighted by Gasteiger charge is -2.20. The molecule has 0 atom stereocenters. The van der Waals surface area contributed by atoms with Crippen molar-refractivity contribution in [3.63, 3.8) is 0 Å². The Hall–Kier alpha value is -0.610. The summed E-state index contributed by atoms with van der Waals surface area (Å²) in [7, 11) is 0. The van der Waals surface area contributed by atoms with E-state index in [9.17, 15) is 4.79 Å². The van der Waals surface area contributed by atoms with Gasteiger partial charge in [-0.25, -0.2) is 0 Å². The van der Waals surface area contributed by atoms with E-state index in [0.717, 1.165) is 32.1 Å². The van der Waals surface area contributed by atoms with E-state index in [-0.39, 0.29) is 5.97 Å². The molecule has 0 spiro atoms. The number of nitrogens with two attached hydrogens (primary N) is 1. The number of esters is 1. The molecule has 0 aromatic rings. The highest BCUT2D eigenvalue weighted by Crippen LogP contribution is 2.28. The molecule has 15 heavy (non-hydrogen) atoms. The zero-order valence-electron chi connectivity index (χ0n) is 9.46. The van der Waals surface area contributed by atoms with Gasteiger partial charge in [-0.3, -0.25) is 4.79 Å². The Morgan fingerprint density at radius 2 is 1.93 bits per heavy atom. The highest BCUT2D eigenvalue weighted by molar-refractivity contribution is 5.80. The van der Waals surface area contributed by atoms with Crippen LogP contribution in [-0.2, 0) is 14.3 Å². The summed E-state index contributed by atoms with van der Waals surface area (Å²) < 4.78 is 10.3. The molecule has 0 radical (unpaired) electrons. The third-order valence-electron chi connectivity index (χ3n) is 2.71. The van der Waals surface area contributed by atoms with Gasteiger partial charge >= 0.3 is 5.97 Å². The molecule has 4 nitrogen and oxygen atoms in total. The van der Waals surface area contributed by atoms with Crippen LogP contribution >= 0.6 is 0 Å². The predicted octanol–water partition coefficient (Wildman–Crippen LogP) is 1.23. The van der Waals surface area contributed by atoms with Crippen LogP contribution in [0.15, 0.2) is 0 Å². The number of hydrogen-bond donors (Lipinski definition) is 1. The lowest BCUT2D eigenvalue weighted by Crippen LogP contribution is -2.46. The van der Waals surface area contributed by atoms with Crippen molar-refractivity contribution in [3.8, 4) is 0 Å². The van der Waals surface area contributed by atoms with Gasteiger partial charge in [0.2, 0.25) is 0 Å². The Morgan fingerprint density at radius 1 is 1.27 bits per heavy atom. The number of carbonyl (C=O) groups is 1. The van der Waals surface area contributed by atoms with Gasteiger partial charge in [0.15, 0.2) is 0 Å². The summed E-state index contributed by atoms with van der Waals surface area (Å²) in [5.41, 5.74) is 5.21. The molecule has 0 heterocycles. The van der Waals surface area contributed by atoms with Crippen molar-refractivity contribution >= 4 is 5.97 Å². The van der Waals surface area contributed by atoms with Crippen LogP contribution in [0, 0.1) is 0 Å². The fourth-order valence-corrected chi connectivity index (χ4v) is 1.79. The van der Waals surface area contributed by atoms with Crippen LogP contribution in [0.3, 0.4) is 0 Å². The molecule has 0 unspecified atom stereocenters. The molecule has 0 saturated heterocycles. The second kappa shape index (κ2) is 6.08. The number of rotatable bonds is 6. The van der Waals surface area contributed by atoms with Crippen LogP contribution in [0.2, 0.25) is 0 Å². The van der Waals surface area contributed by atoms with E-state index < -0.39 is 5.54 Å². The van der Waals surface area contributed by atoms with E-state index in [4.69, 9.17) is 15.2 Å². The second-order valence-corrected chi connectivity index (χ2v) is 4.11. The summed E-state index contributed by atoms with van der Waals surface area (Å²) in [6, 6.07) is 0. The minimum atomic E-state index is -0.718. The van der Waals surface area contributed by atoms with Gasteiger partial charge in [-0.15, -0.1) is 0 Å². The molecule has 1 saturated carbocycles. The van der Waals surface area contributed by atoms with Crippen molar-refractivity contribution in [2.24, 2.45) is 5.73 Å². The Kier molecular flexibility index (Phi) is 5.05. The molecule has 0 bridgehead atoms. The minimum Gasteiger partial charge on any atom is -0.462 e. The molecule has 4 heteroatoms. The molecule has 2 N–H and O–H groups in total.